The van der Waals surface area contributed by atoms with Crippen molar-refractivity contribution in [2.24, 2.45) is 5.41 Å². The van der Waals surface area contributed by atoms with Crippen LogP contribution in [0.4, 0.5) is 0 Å². The monoisotopic (exact) mass is 210 g/mol. The summed E-state index contributed by atoms with van der Waals surface area (Å²) in [6, 6.07) is 8.35. The Morgan fingerprint density at radius 3 is 2.88 bits per heavy atom. The quantitative estimate of drug-likeness (QED) is 0.651. The Hall–Kier alpha value is -1.63. The van der Waals surface area contributed by atoms with E-state index in [0.29, 0.717) is 0 Å². The van der Waals surface area contributed by atoms with E-state index >= 15 is 0 Å². The Morgan fingerprint density at radius 1 is 1.38 bits per heavy atom. The van der Waals surface area contributed by atoms with Gasteiger partial charge < -0.3 is 0 Å². The van der Waals surface area contributed by atoms with Crippen LogP contribution in [0.15, 0.2) is 49.1 Å². The number of hydrogen-bond acceptors (Lipinski definition) is 1. The van der Waals surface area contributed by atoms with Gasteiger partial charge in [0.15, 0.2) is 5.78 Å². The molecule has 2 atom stereocenters. The van der Waals surface area contributed by atoms with E-state index in [2.05, 4.69) is 18.7 Å². The molecule has 1 nitrogen and oxygen atoms in total. The highest BCUT2D eigenvalue weighted by molar-refractivity contribution is 5.99. The van der Waals surface area contributed by atoms with Crippen LogP contribution in [0.25, 0.3) is 0 Å². The van der Waals surface area contributed by atoms with Crippen LogP contribution in [0.3, 0.4) is 0 Å². The molecule has 0 unspecified atom stereocenters. The molecule has 0 N–H and O–H groups in total. The molecule has 0 aromatic heterocycles. The topological polar surface area (TPSA) is 17.1 Å². The second-order valence-electron chi connectivity index (χ2n) is 4.72. The van der Waals surface area contributed by atoms with Crippen LogP contribution in [0.1, 0.15) is 23.5 Å². The van der Waals surface area contributed by atoms with Gasteiger partial charge in [0, 0.05) is 5.92 Å². The van der Waals surface area contributed by atoms with Gasteiger partial charge in [0.2, 0.25) is 0 Å². The summed E-state index contributed by atoms with van der Waals surface area (Å²) in [7, 11) is 0. The van der Waals surface area contributed by atoms with Gasteiger partial charge in [-0.25, -0.2) is 0 Å². The van der Waals surface area contributed by atoms with Crippen LogP contribution in [0, 0.1) is 5.41 Å². The molecule has 0 aliphatic heterocycles. The fourth-order valence-electron chi connectivity index (χ4n) is 3.18. The van der Waals surface area contributed by atoms with Gasteiger partial charge in [-0.1, -0.05) is 36.4 Å². The number of allylic oxidation sites excluding steroid dienone is 3. The first-order valence-electron chi connectivity index (χ1n) is 5.69. The summed E-state index contributed by atoms with van der Waals surface area (Å²) in [5.74, 6) is 0.458. The minimum atomic E-state index is -0.245. The van der Waals surface area contributed by atoms with Gasteiger partial charge in [0.1, 0.15) is 0 Å². The SMILES string of the molecule is C=C[C@@H]1c2ccccc2C[C@]12CC=CC2=O. The van der Waals surface area contributed by atoms with Crippen molar-refractivity contribution in [1.82, 2.24) is 0 Å². The van der Waals surface area contributed by atoms with E-state index in [1.807, 2.05) is 24.3 Å². The van der Waals surface area contributed by atoms with Crippen LogP contribution >= 0.6 is 0 Å². The summed E-state index contributed by atoms with van der Waals surface area (Å²) < 4.78 is 0. The Balaban J connectivity index is 2.14. The van der Waals surface area contributed by atoms with Gasteiger partial charge in [-0.3, -0.25) is 4.79 Å². The zero-order valence-electron chi connectivity index (χ0n) is 9.15. The summed E-state index contributed by atoms with van der Waals surface area (Å²) in [6.07, 6.45) is 7.41. The molecule has 1 aromatic rings. The lowest BCUT2D eigenvalue weighted by molar-refractivity contribution is -0.122. The van der Waals surface area contributed by atoms with Crippen LogP contribution in [0.2, 0.25) is 0 Å². The molecular formula is C15H14O. The molecule has 0 amide bonds. The van der Waals surface area contributed by atoms with Crippen LogP contribution in [-0.2, 0) is 11.2 Å². The van der Waals surface area contributed by atoms with Crippen molar-refractivity contribution in [3.63, 3.8) is 0 Å². The van der Waals surface area contributed by atoms with Gasteiger partial charge in [-0.2, -0.15) is 0 Å². The second-order valence-corrected chi connectivity index (χ2v) is 4.72. The number of ketones is 1. The molecule has 1 spiro atoms. The largest absolute Gasteiger partial charge is 0.294 e. The highest BCUT2D eigenvalue weighted by atomic mass is 16.1. The van der Waals surface area contributed by atoms with Crippen molar-refractivity contribution >= 4 is 5.78 Å². The molecule has 0 heterocycles. The molecule has 0 saturated heterocycles. The summed E-state index contributed by atoms with van der Waals surface area (Å²) in [5.41, 5.74) is 2.35. The molecule has 2 aliphatic carbocycles. The van der Waals surface area contributed by atoms with Crippen LogP contribution in [-0.4, -0.2) is 5.78 Å². The molecule has 0 fully saturated rings. The van der Waals surface area contributed by atoms with E-state index in [9.17, 15) is 4.79 Å². The Kier molecular flexibility index (Phi) is 1.90. The molecule has 0 bridgehead atoms. The number of hydrogen-bond donors (Lipinski definition) is 0. The minimum absolute atomic E-state index is 0.186. The molecule has 0 saturated carbocycles. The number of carbonyl (C=O) groups excluding carboxylic acids is 1. The van der Waals surface area contributed by atoms with Crippen LogP contribution < -0.4 is 0 Å². The third kappa shape index (κ3) is 1.03. The van der Waals surface area contributed by atoms with E-state index in [-0.39, 0.29) is 17.1 Å². The van der Waals surface area contributed by atoms with Crippen LogP contribution in [0.5, 0.6) is 0 Å². The van der Waals surface area contributed by atoms with Crippen molar-refractivity contribution in [2.75, 3.05) is 0 Å². The standard InChI is InChI=1S/C15H14O/c1-2-13-12-7-4-3-6-11(12)10-15(13)9-5-8-14(15)16/h2-8,13H,1,9-10H2/t13-,15-/m1/s1. The Morgan fingerprint density at radius 2 is 2.19 bits per heavy atom. The van der Waals surface area contributed by atoms with Crippen molar-refractivity contribution < 1.29 is 4.79 Å². The van der Waals surface area contributed by atoms with Crippen molar-refractivity contribution in [1.29, 1.82) is 0 Å². The maximum absolute atomic E-state index is 12.1. The zero-order valence-corrected chi connectivity index (χ0v) is 9.15. The first-order chi connectivity index (χ1) is 7.78. The second kappa shape index (κ2) is 3.18. The number of fused-ring (bicyclic) bond motifs is 1. The maximum Gasteiger partial charge on any atom is 0.163 e. The zero-order chi connectivity index (χ0) is 11.2. The van der Waals surface area contributed by atoms with E-state index < -0.39 is 0 Å². The molecular weight excluding hydrogens is 196 g/mol. The van der Waals surface area contributed by atoms with E-state index in [4.69, 9.17) is 0 Å². The van der Waals surface area contributed by atoms with Gasteiger partial charge in [-0.15, -0.1) is 6.58 Å². The predicted octanol–water partition coefficient (Wildman–Crippen LogP) is 3.03. The lowest BCUT2D eigenvalue weighted by atomic mass is 9.73. The fourth-order valence-corrected chi connectivity index (χ4v) is 3.18. The van der Waals surface area contributed by atoms with Crippen molar-refractivity contribution in [3.8, 4) is 0 Å². The van der Waals surface area contributed by atoms with E-state index in [0.717, 1.165) is 12.8 Å². The van der Waals surface area contributed by atoms with E-state index in [1.54, 1.807) is 6.08 Å². The predicted molar refractivity (Wildman–Crippen MR) is 64.3 cm³/mol. The summed E-state index contributed by atoms with van der Waals surface area (Å²) in [6.45, 7) is 3.91. The molecule has 80 valence electrons. The van der Waals surface area contributed by atoms with Crippen molar-refractivity contribution in [2.45, 2.75) is 18.8 Å². The normalized spacial score (nSPS) is 31.0. The van der Waals surface area contributed by atoms with Gasteiger partial charge in [0.05, 0.1) is 5.41 Å². The lowest BCUT2D eigenvalue weighted by Gasteiger charge is -2.27. The third-order valence-corrected chi connectivity index (χ3v) is 3.97. The highest BCUT2D eigenvalue weighted by Crippen LogP contribution is 2.53. The molecule has 1 heteroatoms. The minimum Gasteiger partial charge on any atom is -0.294 e. The molecule has 1 aromatic carbocycles. The van der Waals surface area contributed by atoms with Gasteiger partial charge in [-0.05, 0) is 30.0 Å². The van der Waals surface area contributed by atoms with E-state index in [1.165, 1.54) is 11.1 Å². The first-order valence-corrected chi connectivity index (χ1v) is 5.69. The van der Waals surface area contributed by atoms with Gasteiger partial charge in [0.25, 0.3) is 0 Å². The lowest BCUT2D eigenvalue weighted by Crippen LogP contribution is -2.30. The van der Waals surface area contributed by atoms with Gasteiger partial charge >= 0.3 is 0 Å². The molecule has 2 aliphatic rings. The Bertz CT molecular complexity index is 498. The average Bonchev–Trinajstić information content (AvgIpc) is 2.81. The summed E-state index contributed by atoms with van der Waals surface area (Å²) in [4.78, 5) is 12.1. The maximum atomic E-state index is 12.1. The van der Waals surface area contributed by atoms with Crippen molar-refractivity contribution in [3.05, 3.63) is 60.2 Å². The average molecular weight is 210 g/mol. The number of benzene rings is 1. The fraction of sp³-hybridized carbons (Fsp3) is 0.267. The molecule has 3 rings (SSSR count). The molecule has 0 radical (unpaired) electrons. The first kappa shape index (κ1) is 9.59. The summed E-state index contributed by atoms with van der Waals surface area (Å²) >= 11 is 0. The Labute approximate surface area is 95.5 Å². The summed E-state index contributed by atoms with van der Waals surface area (Å²) in [5, 5.41) is 0. The molecule has 16 heavy (non-hydrogen) atoms. The smallest absolute Gasteiger partial charge is 0.163 e. The highest BCUT2D eigenvalue weighted by Gasteiger charge is 2.49. The number of carbonyl (C=O) groups is 1. The number of rotatable bonds is 1. The third-order valence-electron chi connectivity index (χ3n) is 3.97.